The normalized spacial score (nSPS) is 21.1. The lowest BCUT2D eigenvalue weighted by atomic mass is 9.93. The van der Waals surface area contributed by atoms with Crippen LogP contribution < -0.4 is 15.0 Å². The van der Waals surface area contributed by atoms with E-state index in [0.29, 0.717) is 12.8 Å². The molecule has 1 fully saturated rings. The van der Waals surface area contributed by atoms with Gasteiger partial charge in [-0.15, -0.1) is 0 Å². The summed E-state index contributed by atoms with van der Waals surface area (Å²) in [5.74, 6) is 1.06. The summed E-state index contributed by atoms with van der Waals surface area (Å²) in [7, 11) is 1.83. The molecule has 2 amide bonds. The number of fused-ring (bicyclic) bond motifs is 1. The van der Waals surface area contributed by atoms with E-state index in [1.54, 1.807) is 11.1 Å². The van der Waals surface area contributed by atoms with Crippen LogP contribution in [-0.2, 0) is 16.0 Å². The predicted molar refractivity (Wildman–Crippen MR) is 117 cm³/mol. The fourth-order valence-electron chi connectivity index (χ4n) is 4.32. The van der Waals surface area contributed by atoms with Crippen molar-refractivity contribution in [3.05, 3.63) is 42.2 Å². The Balaban J connectivity index is 1.42. The Morgan fingerprint density at radius 1 is 1.13 bits per heavy atom. The van der Waals surface area contributed by atoms with E-state index in [2.05, 4.69) is 16.4 Å². The quantitative estimate of drug-likeness (QED) is 0.817. The highest BCUT2D eigenvalue weighted by Crippen LogP contribution is 2.32. The van der Waals surface area contributed by atoms with Crippen molar-refractivity contribution in [3.63, 3.8) is 0 Å². The first-order chi connectivity index (χ1) is 14.5. The van der Waals surface area contributed by atoms with Crippen molar-refractivity contribution in [1.82, 2.24) is 10.3 Å². The molecule has 6 heteroatoms. The number of aryl methyl sites for hydroxylation is 1. The van der Waals surface area contributed by atoms with Crippen LogP contribution in [0.25, 0.3) is 11.1 Å². The molecule has 0 unspecified atom stereocenters. The maximum absolute atomic E-state index is 11.9. The zero-order valence-electron chi connectivity index (χ0n) is 17.7. The van der Waals surface area contributed by atoms with Crippen molar-refractivity contribution >= 4 is 17.5 Å². The van der Waals surface area contributed by atoms with E-state index < -0.39 is 0 Å². The number of hydrogen-bond donors (Lipinski definition) is 1. The lowest BCUT2D eigenvalue weighted by Gasteiger charge is -2.29. The minimum absolute atomic E-state index is 0.122. The molecule has 30 heavy (non-hydrogen) atoms. The molecule has 6 nitrogen and oxygen atoms in total. The monoisotopic (exact) mass is 407 g/mol. The zero-order valence-corrected chi connectivity index (χ0v) is 17.7. The largest absolute Gasteiger partial charge is 0.489 e. The van der Waals surface area contributed by atoms with E-state index in [4.69, 9.17) is 4.74 Å². The minimum Gasteiger partial charge on any atom is -0.489 e. The van der Waals surface area contributed by atoms with Crippen LogP contribution in [0.1, 0.15) is 51.0 Å². The van der Waals surface area contributed by atoms with Gasteiger partial charge in [-0.3, -0.25) is 14.6 Å². The second-order valence-electron chi connectivity index (χ2n) is 8.22. The molecular weight excluding hydrogens is 378 g/mol. The number of anilines is 1. The van der Waals surface area contributed by atoms with Crippen molar-refractivity contribution < 1.29 is 14.3 Å². The van der Waals surface area contributed by atoms with Gasteiger partial charge in [0.05, 0.1) is 12.3 Å². The fourth-order valence-corrected chi connectivity index (χ4v) is 4.32. The van der Waals surface area contributed by atoms with Gasteiger partial charge in [-0.05, 0) is 61.4 Å². The number of ether oxygens (including phenoxy) is 1. The van der Waals surface area contributed by atoms with Gasteiger partial charge in [0.15, 0.2) is 0 Å². The molecule has 0 radical (unpaired) electrons. The Morgan fingerprint density at radius 3 is 2.70 bits per heavy atom. The topological polar surface area (TPSA) is 71.5 Å². The number of nitrogens with zero attached hydrogens (tertiary/aromatic N) is 2. The van der Waals surface area contributed by atoms with Gasteiger partial charge < -0.3 is 15.0 Å². The van der Waals surface area contributed by atoms with Crippen LogP contribution >= 0.6 is 0 Å². The SMILES string of the molecule is CCC(=O)NC1CCC(Oc2cncc(-c3ccc4c(c3)CCC(=O)N4C)c2)CC1. The Bertz CT molecular complexity index is 935. The first-order valence-electron chi connectivity index (χ1n) is 10.8. The molecule has 4 rings (SSSR count). The van der Waals surface area contributed by atoms with Crippen molar-refractivity contribution in [2.75, 3.05) is 11.9 Å². The van der Waals surface area contributed by atoms with Crippen LogP contribution in [0, 0.1) is 0 Å². The predicted octanol–water partition coefficient (Wildman–Crippen LogP) is 3.87. The van der Waals surface area contributed by atoms with Gasteiger partial charge >= 0.3 is 0 Å². The van der Waals surface area contributed by atoms with Gasteiger partial charge in [-0.2, -0.15) is 0 Å². The molecule has 158 valence electrons. The van der Waals surface area contributed by atoms with Crippen LogP contribution in [0.3, 0.4) is 0 Å². The van der Waals surface area contributed by atoms with Crippen LogP contribution in [0.2, 0.25) is 0 Å². The molecule has 1 aromatic heterocycles. The van der Waals surface area contributed by atoms with Gasteiger partial charge in [0, 0.05) is 43.4 Å². The van der Waals surface area contributed by atoms with E-state index in [9.17, 15) is 9.59 Å². The summed E-state index contributed by atoms with van der Waals surface area (Å²) in [4.78, 5) is 29.6. The number of hydrogen-bond acceptors (Lipinski definition) is 4. The lowest BCUT2D eigenvalue weighted by molar-refractivity contribution is -0.122. The van der Waals surface area contributed by atoms with Crippen LogP contribution in [-0.4, -0.2) is 36.0 Å². The molecule has 0 atom stereocenters. The first kappa shape index (κ1) is 20.4. The molecule has 2 heterocycles. The number of amides is 2. The number of benzene rings is 1. The molecule has 1 aliphatic carbocycles. The maximum atomic E-state index is 11.9. The van der Waals surface area contributed by atoms with Crippen molar-refractivity contribution in [3.8, 4) is 16.9 Å². The lowest BCUT2D eigenvalue weighted by Crippen LogP contribution is -2.39. The molecule has 1 N–H and O–H groups in total. The Morgan fingerprint density at radius 2 is 1.93 bits per heavy atom. The van der Waals surface area contributed by atoms with Crippen molar-refractivity contribution in [2.24, 2.45) is 0 Å². The summed E-state index contributed by atoms with van der Waals surface area (Å²) in [6.07, 6.45) is 9.37. The van der Waals surface area contributed by atoms with Gasteiger partial charge in [0.2, 0.25) is 11.8 Å². The molecule has 1 aliphatic heterocycles. The summed E-state index contributed by atoms with van der Waals surface area (Å²) >= 11 is 0. The van der Waals surface area contributed by atoms with Gasteiger partial charge in [0.1, 0.15) is 5.75 Å². The standard InChI is InChI=1S/C24H29N3O3/c1-3-23(28)26-19-6-8-20(9-7-19)30-21-13-18(14-25-15-21)16-4-10-22-17(12-16)5-11-24(29)27(22)2/h4,10,12-15,19-20H,3,5-9,11H2,1-2H3,(H,26,28). The van der Waals surface area contributed by atoms with E-state index in [-0.39, 0.29) is 24.0 Å². The zero-order chi connectivity index (χ0) is 21.1. The maximum Gasteiger partial charge on any atom is 0.227 e. The minimum atomic E-state index is 0.122. The molecule has 0 saturated heterocycles. The van der Waals surface area contributed by atoms with Crippen molar-refractivity contribution in [1.29, 1.82) is 0 Å². The van der Waals surface area contributed by atoms with Gasteiger partial charge in [-0.25, -0.2) is 0 Å². The Labute approximate surface area is 177 Å². The molecule has 1 aromatic carbocycles. The number of aromatic nitrogens is 1. The second kappa shape index (κ2) is 8.86. The molecular formula is C24H29N3O3. The number of pyridine rings is 1. The highest BCUT2D eigenvalue weighted by Gasteiger charge is 2.24. The summed E-state index contributed by atoms with van der Waals surface area (Å²) in [5, 5.41) is 3.08. The molecule has 1 saturated carbocycles. The van der Waals surface area contributed by atoms with E-state index >= 15 is 0 Å². The highest BCUT2D eigenvalue weighted by molar-refractivity contribution is 5.96. The third-order valence-corrected chi connectivity index (χ3v) is 6.13. The highest BCUT2D eigenvalue weighted by atomic mass is 16.5. The summed E-state index contributed by atoms with van der Waals surface area (Å²) in [6.45, 7) is 1.88. The summed E-state index contributed by atoms with van der Waals surface area (Å²) in [5.41, 5.74) is 4.27. The molecule has 0 spiro atoms. The Kier molecular flexibility index (Phi) is 6.02. The fraction of sp³-hybridized carbons (Fsp3) is 0.458. The van der Waals surface area contributed by atoms with Crippen LogP contribution in [0.15, 0.2) is 36.7 Å². The summed E-state index contributed by atoms with van der Waals surface area (Å²) < 4.78 is 6.21. The smallest absolute Gasteiger partial charge is 0.227 e. The van der Waals surface area contributed by atoms with E-state index in [1.165, 1.54) is 5.56 Å². The Hall–Kier alpha value is -2.89. The number of nitrogens with one attached hydrogen (secondary N) is 1. The average Bonchev–Trinajstić information content (AvgIpc) is 2.77. The molecule has 2 aliphatic rings. The first-order valence-corrected chi connectivity index (χ1v) is 10.8. The third-order valence-electron chi connectivity index (χ3n) is 6.13. The van der Waals surface area contributed by atoms with Crippen LogP contribution in [0.4, 0.5) is 5.69 Å². The summed E-state index contributed by atoms with van der Waals surface area (Å²) in [6, 6.07) is 8.51. The second-order valence-corrected chi connectivity index (χ2v) is 8.22. The van der Waals surface area contributed by atoms with Crippen LogP contribution in [0.5, 0.6) is 5.75 Å². The average molecular weight is 408 g/mol. The van der Waals surface area contributed by atoms with E-state index in [0.717, 1.165) is 54.7 Å². The third kappa shape index (κ3) is 4.48. The van der Waals surface area contributed by atoms with Crippen molar-refractivity contribution in [2.45, 2.75) is 64.0 Å². The number of rotatable bonds is 5. The number of carbonyl (C=O) groups is 2. The van der Waals surface area contributed by atoms with E-state index in [1.807, 2.05) is 38.4 Å². The number of carbonyl (C=O) groups excluding carboxylic acids is 2. The molecule has 2 aromatic rings. The van der Waals surface area contributed by atoms with Gasteiger partial charge in [-0.1, -0.05) is 13.0 Å². The molecule has 0 bridgehead atoms. The van der Waals surface area contributed by atoms with Gasteiger partial charge in [0.25, 0.3) is 0 Å².